The topological polar surface area (TPSA) is 61.4 Å². The molecule has 1 amide bonds. The molecule has 8 heteroatoms. The number of hydrogen-bond donors (Lipinski definition) is 1. The number of piperidine rings is 2. The van der Waals surface area contributed by atoms with E-state index in [-0.39, 0.29) is 17.8 Å². The van der Waals surface area contributed by atoms with E-state index in [1.165, 1.54) is 62.6 Å². The maximum atomic E-state index is 14.0. The Labute approximate surface area is 199 Å². The van der Waals surface area contributed by atoms with E-state index in [0.717, 1.165) is 37.8 Å². The summed E-state index contributed by atoms with van der Waals surface area (Å²) in [5.41, 5.74) is 0.347. The third-order valence-corrected chi connectivity index (χ3v) is 8.74. The van der Waals surface area contributed by atoms with Crippen LogP contribution < -0.4 is 5.32 Å². The molecule has 2 aromatic heterocycles. The van der Waals surface area contributed by atoms with Gasteiger partial charge in [-0.1, -0.05) is 30.6 Å². The van der Waals surface area contributed by atoms with Crippen molar-refractivity contribution in [3.63, 3.8) is 0 Å². The molecule has 4 heterocycles. The van der Waals surface area contributed by atoms with Gasteiger partial charge < -0.3 is 10.2 Å². The second-order valence-corrected chi connectivity index (χ2v) is 10.9. The van der Waals surface area contributed by atoms with Crippen molar-refractivity contribution in [2.75, 3.05) is 31.5 Å². The highest BCUT2D eigenvalue weighted by molar-refractivity contribution is 7.17. The number of anilines is 1. The number of nitrogens with one attached hydrogen (secondary N) is 1. The van der Waals surface area contributed by atoms with E-state index >= 15 is 0 Å². The van der Waals surface area contributed by atoms with Gasteiger partial charge in [-0.05, 0) is 63.1 Å². The van der Waals surface area contributed by atoms with E-state index in [0.29, 0.717) is 21.7 Å². The van der Waals surface area contributed by atoms with E-state index in [2.05, 4.69) is 20.2 Å². The summed E-state index contributed by atoms with van der Waals surface area (Å²) in [5.74, 6) is 1.58. The van der Waals surface area contributed by atoms with Crippen LogP contribution in [0.15, 0.2) is 24.5 Å². The van der Waals surface area contributed by atoms with Gasteiger partial charge in [0, 0.05) is 31.9 Å². The molecule has 6 nitrogen and oxygen atoms in total. The molecule has 3 aliphatic rings. The zero-order chi connectivity index (χ0) is 22.8. The highest BCUT2D eigenvalue weighted by atomic mass is 32.1. The monoisotopic (exact) mass is 471 g/mol. The van der Waals surface area contributed by atoms with Crippen molar-refractivity contribution in [3.05, 3.63) is 40.9 Å². The molecule has 2 aromatic rings. The molecule has 1 unspecified atom stereocenters. The zero-order valence-electron chi connectivity index (χ0n) is 19.4. The third-order valence-electron chi connectivity index (χ3n) is 7.83. The molecule has 178 valence electrons. The summed E-state index contributed by atoms with van der Waals surface area (Å²) < 4.78 is 14.0. The minimum Gasteiger partial charge on any atom is -0.353 e. The summed E-state index contributed by atoms with van der Waals surface area (Å²) in [4.78, 5) is 26.9. The summed E-state index contributed by atoms with van der Waals surface area (Å²) in [6.07, 6.45) is 12.4. The molecule has 2 aliphatic heterocycles. The lowest BCUT2D eigenvalue weighted by molar-refractivity contribution is 0.0365. The number of aromatic nitrogens is 2. The average molecular weight is 472 g/mol. The van der Waals surface area contributed by atoms with Crippen LogP contribution >= 0.6 is 11.3 Å². The smallest absolute Gasteiger partial charge is 0.265 e. The fourth-order valence-electron chi connectivity index (χ4n) is 5.67. The maximum Gasteiger partial charge on any atom is 0.265 e. The number of pyridine rings is 1. The lowest BCUT2D eigenvalue weighted by Gasteiger charge is -2.45. The van der Waals surface area contributed by atoms with Crippen LogP contribution in [-0.4, -0.2) is 57.9 Å². The van der Waals surface area contributed by atoms with Gasteiger partial charge in [0.25, 0.3) is 5.91 Å². The van der Waals surface area contributed by atoms with E-state index in [9.17, 15) is 9.18 Å². The normalized spacial score (nSPS) is 23.8. The molecular formula is C25H34FN5OS. The van der Waals surface area contributed by atoms with E-state index in [1.807, 2.05) is 11.8 Å². The number of thiazole rings is 1. The van der Waals surface area contributed by atoms with Crippen LogP contribution in [0.25, 0.3) is 0 Å². The molecule has 2 atom stereocenters. The molecule has 0 radical (unpaired) electrons. The number of rotatable bonds is 6. The van der Waals surface area contributed by atoms with Gasteiger partial charge in [-0.2, -0.15) is 0 Å². The van der Waals surface area contributed by atoms with Crippen LogP contribution in [0.1, 0.15) is 73.3 Å². The number of halogens is 1. The Morgan fingerprint density at radius 3 is 2.64 bits per heavy atom. The Hall–Kier alpha value is -2.06. The van der Waals surface area contributed by atoms with Crippen LogP contribution in [0.4, 0.5) is 9.52 Å². The van der Waals surface area contributed by atoms with Crippen molar-refractivity contribution in [1.29, 1.82) is 0 Å². The molecule has 2 saturated heterocycles. The predicted octanol–water partition coefficient (Wildman–Crippen LogP) is 4.97. The standard InChI is InChI=1S/C25H34FN5OS/c1-17(23-21(26)8-3-11-27-23)29-25-28-15-22(33-25)24(32)30-13-9-20(10-14-30)31-12-4-7-19(16-31)18-5-2-6-18/h3,8,11,15,17-20H,2,4-7,9-10,12-14,16H2,1H3,(H,28,29)/t17-,19?/m0/s1. The lowest BCUT2D eigenvalue weighted by atomic mass is 9.72. The van der Waals surface area contributed by atoms with E-state index in [4.69, 9.17) is 0 Å². The fourth-order valence-corrected chi connectivity index (χ4v) is 6.54. The van der Waals surface area contributed by atoms with Crippen LogP contribution in [0.5, 0.6) is 0 Å². The average Bonchev–Trinajstić information content (AvgIpc) is 3.26. The second kappa shape index (κ2) is 10.1. The third kappa shape index (κ3) is 5.06. The number of hydrogen-bond acceptors (Lipinski definition) is 6. The van der Waals surface area contributed by atoms with Crippen molar-refractivity contribution in [2.24, 2.45) is 11.8 Å². The predicted molar refractivity (Wildman–Crippen MR) is 129 cm³/mol. The first-order valence-electron chi connectivity index (χ1n) is 12.4. The summed E-state index contributed by atoms with van der Waals surface area (Å²) >= 11 is 1.33. The summed E-state index contributed by atoms with van der Waals surface area (Å²) in [6, 6.07) is 3.26. The highest BCUT2D eigenvalue weighted by Gasteiger charge is 2.35. The molecule has 0 bridgehead atoms. The largest absolute Gasteiger partial charge is 0.353 e. The minimum absolute atomic E-state index is 0.0571. The summed E-state index contributed by atoms with van der Waals surface area (Å²) in [7, 11) is 0. The second-order valence-electron chi connectivity index (χ2n) is 9.88. The molecule has 1 N–H and O–H groups in total. The van der Waals surface area contributed by atoms with Gasteiger partial charge in [-0.3, -0.25) is 14.7 Å². The number of likely N-dealkylation sites (tertiary alicyclic amines) is 2. The molecule has 5 rings (SSSR count). The Balaban J connectivity index is 1.13. The van der Waals surface area contributed by atoms with Gasteiger partial charge >= 0.3 is 0 Å². The van der Waals surface area contributed by atoms with E-state index < -0.39 is 0 Å². The molecule has 0 spiro atoms. The van der Waals surface area contributed by atoms with Crippen molar-refractivity contribution in [3.8, 4) is 0 Å². The van der Waals surface area contributed by atoms with Crippen molar-refractivity contribution < 1.29 is 9.18 Å². The van der Waals surface area contributed by atoms with Gasteiger partial charge in [0.2, 0.25) is 0 Å². The minimum atomic E-state index is -0.346. The molecule has 1 saturated carbocycles. The van der Waals surface area contributed by atoms with Crippen LogP contribution in [0.2, 0.25) is 0 Å². The van der Waals surface area contributed by atoms with Gasteiger partial charge in [0.1, 0.15) is 10.7 Å². The Bertz CT molecular complexity index is 956. The SMILES string of the molecule is C[C@H](Nc1ncc(C(=O)N2CCC(N3CCCC(C4CCC4)C3)CC2)s1)c1ncccc1F. The number of nitrogens with zero attached hydrogens (tertiary/aromatic N) is 4. The van der Waals surface area contributed by atoms with Gasteiger partial charge in [-0.25, -0.2) is 9.37 Å². The van der Waals surface area contributed by atoms with Crippen molar-refractivity contribution in [1.82, 2.24) is 19.8 Å². The lowest BCUT2D eigenvalue weighted by Crippen LogP contribution is -2.50. The number of carbonyl (C=O) groups is 1. The number of amides is 1. The quantitative estimate of drug-likeness (QED) is 0.645. The Morgan fingerprint density at radius 2 is 1.91 bits per heavy atom. The van der Waals surface area contributed by atoms with E-state index in [1.54, 1.807) is 18.5 Å². The molecule has 3 fully saturated rings. The first-order valence-corrected chi connectivity index (χ1v) is 13.3. The summed E-state index contributed by atoms with van der Waals surface area (Å²) in [6.45, 7) is 5.95. The molecular weight excluding hydrogens is 437 g/mol. The fraction of sp³-hybridized carbons (Fsp3) is 0.640. The van der Waals surface area contributed by atoms with Gasteiger partial charge in [0.15, 0.2) is 5.13 Å². The van der Waals surface area contributed by atoms with Crippen LogP contribution in [0, 0.1) is 17.7 Å². The Kier molecular flexibility index (Phi) is 6.92. The van der Waals surface area contributed by atoms with Gasteiger partial charge in [-0.15, -0.1) is 0 Å². The van der Waals surface area contributed by atoms with Crippen LogP contribution in [-0.2, 0) is 0 Å². The van der Waals surface area contributed by atoms with Crippen LogP contribution in [0.3, 0.4) is 0 Å². The van der Waals surface area contributed by atoms with Gasteiger partial charge in [0.05, 0.1) is 17.9 Å². The highest BCUT2D eigenvalue weighted by Crippen LogP contribution is 2.39. The number of carbonyl (C=O) groups excluding carboxylic acids is 1. The van der Waals surface area contributed by atoms with Crippen molar-refractivity contribution in [2.45, 2.75) is 64.0 Å². The molecule has 33 heavy (non-hydrogen) atoms. The molecule has 1 aliphatic carbocycles. The first kappa shape index (κ1) is 22.7. The first-order chi connectivity index (χ1) is 16.1. The zero-order valence-corrected chi connectivity index (χ0v) is 20.2. The maximum absolute atomic E-state index is 14.0. The molecule has 0 aromatic carbocycles. The Morgan fingerprint density at radius 1 is 1.12 bits per heavy atom. The summed E-state index contributed by atoms with van der Waals surface area (Å²) in [5, 5.41) is 3.79. The van der Waals surface area contributed by atoms with Crippen molar-refractivity contribution >= 4 is 22.4 Å².